The van der Waals surface area contributed by atoms with Gasteiger partial charge in [-0.1, -0.05) is 0 Å². The number of carbonyl (C=O) groups is 6. The number of ether oxygens (including phenoxy) is 7. The molecular weight excluding hydrogens is 598 g/mol. The molecule has 2 rings (SSSR count). The molecule has 17 heteroatoms. The number of nitrogen functional groups attached to an aromatic ring is 1. The predicted molar refractivity (Wildman–Crippen MR) is 142 cm³/mol. The van der Waals surface area contributed by atoms with Crippen LogP contribution < -0.4 is 15.8 Å². The van der Waals surface area contributed by atoms with Crippen molar-refractivity contribution in [3.05, 3.63) is 23.8 Å². The quantitative estimate of drug-likeness (QED) is 0.188. The lowest BCUT2D eigenvalue weighted by atomic mass is 9.88. The zero-order chi connectivity index (χ0) is 33.4. The summed E-state index contributed by atoms with van der Waals surface area (Å²) in [7, 11) is 0.926. The first-order valence-corrected chi connectivity index (χ1v) is 13.0. The summed E-state index contributed by atoms with van der Waals surface area (Å²) in [5.41, 5.74) is 4.85. The molecule has 3 N–H and O–H groups in total. The van der Waals surface area contributed by atoms with Crippen molar-refractivity contribution >= 4 is 41.4 Å². The van der Waals surface area contributed by atoms with Crippen LogP contribution in [0.5, 0.6) is 5.75 Å². The molecule has 1 fully saturated rings. The van der Waals surface area contributed by atoms with E-state index in [0.29, 0.717) is 0 Å². The van der Waals surface area contributed by atoms with Crippen LogP contribution in [0.2, 0.25) is 0 Å². The minimum atomic E-state index is -3.15. The van der Waals surface area contributed by atoms with Crippen LogP contribution in [0.3, 0.4) is 0 Å². The Morgan fingerprint density at radius 2 is 1.64 bits per heavy atom. The third kappa shape index (κ3) is 9.48. The van der Waals surface area contributed by atoms with Gasteiger partial charge in [0.1, 0.15) is 24.6 Å². The van der Waals surface area contributed by atoms with Crippen molar-refractivity contribution in [3.8, 4) is 5.75 Å². The fourth-order valence-electron chi connectivity index (χ4n) is 4.51. The van der Waals surface area contributed by atoms with Crippen molar-refractivity contribution in [3.63, 3.8) is 0 Å². The van der Waals surface area contributed by atoms with E-state index in [1.165, 1.54) is 6.07 Å². The minimum Gasteiger partial charge on any atom is -0.464 e. The Kier molecular flexibility index (Phi) is 12.4. The molecular formula is C27H34F2N2O13. The average Bonchev–Trinajstić information content (AvgIpc) is 2.90. The van der Waals surface area contributed by atoms with E-state index in [2.05, 4.69) is 5.32 Å². The molecule has 244 valence electrons. The summed E-state index contributed by atoms with van der Waals surface area (Å²) >= 11 is 0. The van der Waals surface area contributed by atoms with E-state index in [-0.39, 0.29) is 5.69 Å². The Labute approximate surface area is 250 Å². The van der Waals surface area contributed by atoms with E-state index in [0.717, 1.165) is 53.9 Å². The van der Waals surface area contributed by atoms with Gasteiger partial charge in [-0.2, -0.15) is 0 Å². The second kappa shape index (κ2) is 15.3. The minimum absolute atomic E-state index is 0.0599. The van der Waals surface area contributed by atoms with E-state index < -0.39 is 103 Å². The first kappa shape index (κ1) is 35.7. The Hall–Kier alpha value is -4.54. The van der Waals surface area contributed by atoms with Crippen LogP contribution in [-0.2, 0) is 57.2 Å². The fourth-order valence-corrected chi connectivity index (χ4v) is 4.51. The molecule has 0 aromatic heterocycles. The van der Waals surface area contributed by atoms with Crippen LogP contribution >= 0.6 is 0 Å². The monoisotopic (exact) mass is 632 g/mol. The number of nitrogens with two attached hydrogens (primary N) is 1. The van der Waals surface area contributed by atoms with Gasteiger partial charge in [0.2, 0.25) is 5.91 Å². The molecule has 1 aromatic carbocycles. The van der Waals surface area contributed by atoms with Crippen LogP contribution in [-0.4, -0.2) is 85.7 Å². The lowest BCUT2D eigenvalue weighted by Crippen LogP contribution is -2.70. The lowest BCUT2D eigenvalue weighted by molar-refractivity contribution is -0.289. The van der Waals surface area contributed by atoms with Crippen molar-refractivity contribution < 1.29 is 70.7 Å². The Morgan fingerprint density at radius 3 is 2.14 bits per heavy atom. The highest BCUT2D eigenvalue weighted by Crippen LogP contribution is 2.40. The highest BCUT2D eigenvalue weighted by Gasteiger charge is 2.60. The van der Waals surface area contributed by atoms with E-state index in [9.17, 15) is 37.5 Å². The van der Waals surface area contributed by atoms with Gasteiger partial charge in [0.25, 0.3) is 6.43 Å². The number of halogens is 2. The molecule has 0 saturated carbocycles. The standard InChI is InChI=1S/C27H34F2N2O13/c1-12(32)31-22-20(40-14(3)34)10-27(26(37)38-6,43-19-8-7-17(30)9-18(19)25(28)29)44-24(22)23(42-16(5)36)21(41-15(4)35)11-39-13(2)33/h7-9,20-25H,10-11,30H2,1-6H3,(H,31,32)/t20?,21-,22-,23-,24?,27?/m1/s1. The third-order valence-electron chi connectivity index (χ3n) is 6.04. The number of amides is 1. The summed E-state index contributed by atoms with van der Waals surface area (Å²) in [4.78, 5) is 73.8. The maximum absolute atomic E-state index is 14.0. The van der Waals surface area contributed by atoms with Gasteiger partial charge in [-0.15, -0.1) is 0 Å². The normalized spacial score (nSPS) is 22.5. The number of nitrogens with one attached hydrogen (secondary N) is 1. The summed E-state index contributed by atoms with van der Waals surface area (Å²) in [6.45, 7) is 4.40. The SMILES string of the molecule is COC(=O)C1(Oc2ccc(N)cc2C(F)F)CC(OC(C)=O)[C@@H](NC(C)=O)C([C@H](OC(C)=O)[C@@H](COC(C)=O)OC(C)=O)O1. The molecule has 0 spiro atoms. The Morgan fingerprint density at radius 1 is 1.00 bits per heavy atom. The van der Waals surface area contributed by atoms with Crippen molar-refractivity contribution in [1.82, 2.24) is 5.32 Å². The molecule has 3 unspecified atom stereocenters. The molecule has 0 radical (unpaired) electrons. The molecule has 1 amide bonds. The molecule has 15 nitrogen and oxygen atoms in total. The zero-order valence-electron chi connectivity index (χ0n) is 24.8. The number of hydrogen-bond donors (Lipinski definition) is 2. The zero-order valence-corrected chi connectivity index (χ0v) is 24.8. The average molecular weight is 633 g/mol. The summed E-state index contributed by atoms with van der Waals surface area (Å²) in [5.74, 6) is -8.97. The smallest absolute Gasteiger partial charge is 0.379 e. The van der Waals surface area contributed by atoms with Crippen LogP contribution in [0.1, 0.15) is 53.0 Å². The highest BCUT2D eigenvalue weighted by molar-refractivity contribution is 5.79. The molecule has 1 aromatic rings. The van der Waals surface area contributed by atoms with Gasteiger partial charge in [-0.05, 0) is 18.2 Å². The summed E-state index contributed by atoms with van der Waals surface area (Å²) in [6.07, 6.45) is -10.7. The topological polar surface area (TPSA) is 205 Å². The van der Waals surface area contributed by atoms with Gasteiger partial charge < -0.3 is 44.2 Å². The van der Waals surface area contributed by atoms with Crippen molar-refractivity contribution in [2.45, 2.75) is 83.7 Å². The number of hydrogen-bond acceptors (Lipinski definition) is 14. The lowest BCUT2D eigenvalue weighted by Gasteiger charge is -2.48. The van der Waals surface area contributed by atoms with Gasteiger partial charge >= 0.3 is 35.6 Å². The van der Waals surface area contributed by atoms with Gasteiger partial charge in [0.15, 0.2) is 12.2 Å². The summed E-state index contributed by atoms with van der Waals surface area (Å²) in [5, 5.41) is 2.48. The van der Waals surface area contributed by atoms with Crippen molar-refractivity contribution in [2.75, 3.05) is 19.5 Å². The van der Waals surface area contributed by atoms with Crippen LogP contribution in [0.4, 0.5) is 14.5 Å². The molecule has 44 heavy (non-hydrogen) atoms. The summed E-state index contributed by atoms with van der Waals surface area (Å²) in [6, 6.07) is 1.67. The van der Waals surface area contributed by atoms with E-state index in [4.69, 9.17) is 38.9 Å². The molecule has 1 heterocycles. The molecule has 1 aliphatic rings. The van der Waals surface area contributed by atoms with E-state index in [1.807, 2.05) is 0 Å². The fraction of sp³-hybridized carbons (Fsp3) is 0.556. The number of esters is 5. The van der Waals surface area contributed by atoms with Crippen molar-refractivity contribution in [1.29, 1.82) is 0 Å². The number of carbonyl (C=O) groups excluding carboxylic acids is 6. The predicted octanol–water partition coefficient (Wildman–Crippen LogP) is 1.11. The Balaban J connectivity index is 2.86. The number of anilines is 1. The first-order valence-electron chi connectivity index (χ1n) is 13.0. The second-order valence-electron chi connectivity index (χ2n) is 9.63. The Bertz CT molecular complexity index is 1260. The largest absolute Gasteiger partial charge is 0.464 e. The number of methoxy groups -OCH3 is 1. The van der Waals surface area contributed by atoms with Crippen LogP contribution in [0, 0.1) is 0 Å². The van der Waals surface area contributed by atoms with Gasteiger partial charge in [0.05, 0.1) is 25.1 Å². The number of alkyl halides is 2. The molecule has 1 aliphatic heterocycles. The highest BCUT2D eigenvalue weighted by atomic mass is 19.3. The first-order chi connectivity index (χ1) is 20.5. The molecule has 0 aliphatic carbocycles. The summed E-state index contributed by atoms with van der Waals surface area (Å²) < 4.78 is 65.8. The number of benzene rings is 1. The van der Waals surface area contributed by atoms with Crippen LogP contribution in [0.15, 0.2) is 18.2 Å². The second-order valence-corrected chi connectivity index (χ2v) is 9.63. The third-order valence-corrected chi connectivity index (χ3v) is 6.04. The molecule has 0 bridgehead atoms. The van der Waals surface area contributed by atoms with Crippen LogP contribution in [0.25, 0.3) is 0 Å². The molecule has 6 atom stereocenters. The van der Waals surface area contributed by atoms with E-state index in [1.54, 1.807) is 0 Å². The van der Waals surface area contributed by atoms with Gasteiger partial charge in [0, 0.05) is 40.3 Å². The molecule has 1 saturated heterocycles. The maximum Gasteiger partial charge on any atom is 0.379 e. The number of rotatable bonds is 12. The van der Waals surface area contributed by atoms with Gasteiger partial charge in [-0.25, -0.2) is 13.6 Å². The van der Waals surface area contributed by atoms with Crippen molar-refractivity contribution in [2.24, 2.45) is 0 Å². The van der Waals surface area contributed by atoms with Gasteiger partial charge in [-0.3, -0.25) is 24.0 Å². The van der Waals surface area contributed by atoms with E-state index >= 15 is 0 Å². The maximum atomic E-state index is 14.0.